The van der Waals surface area contributed by atoms with Crippen LogP contribution in [0.3, 0.4) is 0 Å². The first-order valence-corrected chi connectivity index (χ1v) is 2.71. The third-order valence-corrected chi connectivity index (χ3v) is 1.12. The molecule has 1 rings (SSSR count). The summed E-state index contributed by atoms with van der Waals surface area (Å²) in [6.07, 6.45) is 0. The van der Waals surface area contributed by atoms with Crippen molar-refractivity contribution in [3.63, 3.8) is 0 Å². The molecular formula is C7H6CaO4. The molecule has 0 atom stereocenters. The first-order valence-electron chi connectivity index (χ1n) is 2.71. The maximum absolute atomic E-state index is 10.2. The first-order chi connectivity index (χ1) is 4.72. The molecule has 0 unspecified atom stereocenters. The second kappa shape index (κ2) is 6.25. The minimum atomic E-state index is -1.36. The van der Waals surface area contributed by atoms with E-state index in [9.17, 15) is 9.90 Å². The van der Waals surface area contributed by atoms with Gasteiger partial charge in [-0.2, -0.15) is 0 Å². The number of rotatable bonds is 1. The summed E-state index contributed by atoms with van der Waals surface area (Å²) in [5.41, 5.74) is -0.178. The van der Waals surface area contributed by atoms with Crippen LogP contribution in [0.1, 0.15) is 10.4 Å². The Bertz CT molecular complexity index is 261. The number of para-hydroxylation sites is 1. The fourth-order valence-corrected chi connectivity index (χ4v) is 0.646. The zero-order chi connectivity index (χ0) is 7.56. The van der Waals surface area contributed by atoms with Crippen molar-refractivity contribution in [3.05, 3.63) is 29.8 Å². The summed E-state index contributed by atoms with van der Waals surface area (Å²) in [5, 5.41) is 19.0. The van der Waals surface area contributed by atoms with Gasteiger partial charge in [-0.3, -0.25) is 0 Å². The van der Waals surface area contributed by atoms with Crippen molar-refractivity contribution in [3.8, 4) is 5.75 Å². The van der Waals surface area contributed by atoms with E-state index in [2.05, 4.69) is 0 Å². The zero-order valence-corrected chi connectivity index (χ0v) is 8.44. The fourth-order valence-electron chi connectivity index (χ4n) is 0.646. The number of aromatic hydroxyl groups is 1. The van der Waals surface area contributed by atoms with Gasteiger partial charge in [-0.1, -0.05) is 12.1 Å². The third-order valence-electron chi connectivity index (χ3n) is 1.12. The van der Waals surface area contributed by atoms with E-state index in [1.807, 2.05) is 0 Å². The van der Waals surface area contributed by atoms with E-state index in [0.29, 0.717) is 0 Å². The van der Waals surface area contributed by atoms with Gasteiger partial charge < -0.3 is 20.5 Å². The minimum Gasteiger partial charge on any atom is -0.870 e. The molecule has 0 heterocycles. The molecule has 0 saturated heterocycles. The quantitative estimate of drug-likeness (QED) is 0.592. The summed E-state index contributed by atoms with van der Waals surface area (Å²) in [5.74, 6) is -1.62. The maximum atomic E-state index is 10.2. The van der Waals surface area contributed by atoms with Crippen LogP contribution in [0.4, 0.5) is 0 Å². The Labute approximate surface area is 99.1 Å². The van der Waals surface area contributed by atoms with Crippen molar-refractivity contribution < 1.29 is 20.5 Å². The van der Waals surface area contributed by atoms with Crippen molar-refractivity contribution in [1.29, 1.82) is 0 Å². The van der Waals surface area contributed by atoms with Crippen molar-refractivity contribution in [1.82, 2.24) is 0 Å². The van der Waals surface area contributed by atoms with Crippen LogP contribution in [-0.2, 0) is 0 Å². The number of carboxylic acids is 1. The Morgan fingerprint density at radius 3 is 2.17 bits per heavy atom. The van der Waals surface area contributed by atoms with Crippen LogP contribution in [0.25, 0.3) is 0 Å². The molecule has 0 aliphatic heterocycles. The predicted octanol–water partition coefficient (Wildman–Crippen LogP) is -0.802. The molecule has 0 radical (unpaired) electrons. The van der Waals surface area contributed by atoms with E-state index < -0.39 is 5.97 Å². The van der Waals surface area contributed by atoms with E-state index in [1.165, 1.54) is 18.2 Å². The van der Waals surface area contributed by atoms with Crippen molar-refractivity contribution >= 4 is 43.7 Å². The van der Waals surface area contributed by atoms with Gasteiger partial charge in [-0.15, -0.1) is 0 Å². The number of phenols is 1. The standard InChI is InChI=1S/C7H6O3.Ca.H2O/c8-6-4-2-1-3-5(6)7(9)10;;/h1-4,8H,(H,9,10);;1H2/q;+2;/p-2. The van der Waals surface area contributed by atoms with Gasteiger partial charge >= 0.3 is 37.7 Å². The van der Waals surface area contributed by atoms with E-state index in [0.717, 1.165) is 0 Å². The van der Waals surface area contributed by atoms with Crippen LogP contribution < -0.4 is 5.11 Å². The molecule has 0 spiro atoms. The minimum absolute atomic E-state index is 0. The van der Waals surface area contributed by atoms with Gasteiger partial charge in [-0.05, 0) is 12.1 Å². The summed E-state index contributed by atoms with van der Waals surface area (Å²) in [7, 11) is 0. The molecule has 0 fully saturated rings. The fraction of sp³-hybridized carbons (Fsp3) is 0. The van der Waals surface area contributed by atoms with Gasteiger partial charge in [0, 0.05) is 5.56 Å². The van der Waals surface area contributed by atoms with E-state index in [1.54, 1.807) is 6.07 Å². The Morgan fingerprint density at radius 2 is 1.83 bits per heavy atom. The predicted molar refractivity (Wildman–Crippen MR) is 40.1 cm³/mol. The Kier molecular flexibility index (Phi) is 7.42. The summed E-state index contributed by atoms with van der Waals surface area (Å²) in [6, 6.07) is 5.64. The van der Waals surface area contributed by atoms with Crippen molar-refractivity contribution in [2.24, 2.45) is 0 Å². The molecule has 0 saturated carbocycles. The summed E-state index contributed by atoms with van der Waals surface area (Å²) in [4.78, 5) is 10.2. The molecule has 1 aromatic carbocycles. The van der Waals surface area contributed by atoms with Crippen LogP contribution in [0.2, 0.25) is 0 Å². The van der Waals surface area contributed by atoms with Gasteiger partial charge in [0.1, 0.15) is 5.75 Å². The van der Waals surface area contributed by atoms with Gasteiger partial charge in [-0.25, -0.2) is 0 Å². The Balaban J connectivity index is 0. The summed E-state index contributed by atoms with van der Waals surface area (Å²) < 4.78 is 0. The van der Waals surface area contributed by atoms with Crippen LogP contribution >= 0.6 is 0 Å². The Hall–Kier alpha value is -0.290. The number of carbonyl (C=O) groups is 1. The average Bonchev–Trinajstić information content (AvgIpc) is 1.88. The van der Waals surface area contributed by atoms with Crippen LogP contribution in [0.5, 0.6) is 5.75 Å². The first kappa shape index (κ1) is 14.2. The molecular weight excluding hydrogens is 188 g/mol. The number of hydrogen-bond donors (Lipinski definition) is 1. The zero-order valence-electron chi connectivity index (χ0n) is 6.23. The normalized spacial score (nSPS) is 7.67. The number of carboxylic acid groups (broad SMARTS) is 1. The molecule has 2 N–H and O–H groups in total. The molecule has 60 valence electrons. The molecule has 5 heteroatoms. The third kappa shape index (κ3) is 3.40. The molecule has 1 aromatic rings. The maximum Gasteiger partial charge on any atom is 2.00 e. The second-order valence-electron chi connectivity index (χ2n) is 1.80. The van der Waals surface area contributed by atoms with Crippen molar-refractivity contribution in [2.75, 3.05) is 0 Å². The number of aromatic carboxylic acids is 1. The van der Waals surface area contributed by atoms with Crippen LogP contribution in [0.15, 0.2) is 24.3 Å². The topological polar surface area (TPSA) is 90.4 Å². The molecule has 0 bridgehead atoms. The largest absolute Gasteiger partial charge is 2.00 e. The van der Waals surface area contributed by atoms with E-state index >= 15 is 0 Å². The van der Waals surface area contributed by atoms with Gasteiger partial charge in [0.25, 0.3) is 0 Å². The van der Waals surface area contributed by atoms with Gasteiger partial charge in [0.05, 0.1) is 5.97 Å². The number of carbonyl (C=O) groups excluding carboxylic acids is 1. The Morgan fingerprint density at radius 1 is 1.33 bits per heavy atom. The van der Waals surface area contributed by atoms with E-state index in [-0.39, 0.29) is 54.5 Å². The van der Waals surface area contributed by atoms with Crippen LogP contribution in [-0.4, -0.2) is 54.3 Å². The van der Waals surface area contributed by atoms with Gasteiger partial charge in [0.2, 0.25) is 0 Å². The number of hydrogen-bond acceptors (Lipinski definition) is 4. The summed E-state index contributed by atoms with van der Waals surface area (Å²) >= 11 is 0. The summed E-state index contributed by atoms with van der Waals surface area (Å²) in [6.45, 7) is 0. The molecule has 0 aromatic heterocycles. The van der Waals surface area contributed by atoms with Crippen LogP contribution in [0, 0.1) is 0 Å². The van der Waals surface area contributed by atoms with Gasteiger partial charge in [0.15, 0.2) is 0 Å². The smallest absolute Gasteiger partial charge is 0.870 e. The second-order valence-corrected chi connectivity index (χ2v) is 1.80. The SMILES string of the molecule is O=C([O-])c1ccccc1O.[Ca+2].[OH-]. The average molecular weight is 194 g/mol. The van der Waals surface area contributed by atoms with E-state index in [4.69, 9.17) is 5.11 Å². The molecule has 0 amide bonds. The molecule has 4 nitrogen and oxygen atoms in total. The molecule has 0 aliphatic rings. The molecule has 0 aliphatic carbocycles. The van der Waals surface area contributed by atoms with Crippen molar-refractivity contribution in [2.45, 2.75) is 0 Å². The molecule has 12 heavy (non-hydrogen) atoms. The number of benzene rings is 1. The monoisotopic (exact) mass is 194 g/mol.